The SMILES string of the molecule is CN(Cc1noc(-c2cccs2)n1)CC1CCNCC1. The largest absolute Gasteiger partial charge is 0.333 e. The Morgan fingerprint density at radius 1 is 1.45 bits per heavy atom. The minimum atomic E-state index is 0.630. The second-order valence-corrected chi connectivity index (χ2v) is 6.33. The third kappa shape index (κ3) is 3.45. The second kappa shape index (κ2) is 6.47. The van der Waals surface area contributed by atoms with E-state index in [0.717, 1.165) is 42.8 Å². The molecule has 0 aromatic carbocycles. The van der Waals surface area contributed by atoms with Gasteiger partial charge < -0.3 is 9.84 Å². The van der Waals surface area contributed by atoms with E-state index in [0.29, 0.717) is 5.89 Å². The Balaban J connectivity index is 1.54. The molecule has 5 nitrogen and oxygen atoms in total. The molecule has 1 fully saturated rings. The Morgan fingerprint density at radius 2 is 2.30 bits per heavy atom. The van der Waals surface area contributed by atoms with Crippen molar-refractivity contribution in [2.75, 3.05) is 26.7 Å². The molecule has 0 atom stereocenters. The molecule has 0 spiro atoms. The summed E-state index contributed by atoms with van der Waals surface area (Å²) in [5.74, 6) is 2.18. The predicted molar refractivity (Wildman–Crippen MR) is 79.5 cm³/mol. The maximum absolute atomic E-state index is 5.31. The number of piperidine rings is 1. The monoisotopic (exact) mass is 292 g/mol. The van der Waals surface area contributed by atoms with Crippen LogP contribution in [0.15, 0.2) is 22.0 Å². The molecule has 1 aliphatic heterocycles. The number of nitrogens with one attached hydrogen (secondary N) is 1. The average Bonchev–Trinajstić information content (AvgIpc) is 3.10. The summed E-state index contributed by atoms with van der Waals surface area (Å²) in [4.78, 5) is 7.79. The number of nitrogens with zero attached hydrogens (tertiary/aromatic N) is 3. The molecule has 3 rings (SSSR count). The first-order valence-electron chi connectivity index (χ1n) is 7.07. The fourth-order valence-electron chi connectivity index (χ4n) is 2.63. The van der Waals surface area contributed by atoms with Crippen LogP contribution in [-0.4, -0.2) is 41.7 Å². The summed E-state index contributed by atoms with van der Waals surface area (Å²) >= 11 is 1.62. The van der Waals surface area contributed by atoms with Gasteiger partial charge in [-0.05, 0) is 50.3 Å². The van der Waals surface area contributed by atoms with Crippen molar-refractivity contribution in [1.82, 2.24) is 20.4 Å². The van der Waals surface area contributed by atoms with Crippen molar-refractivity contribution in [3.8, 4) is 10.8 Å². The van der Waals surface area contributed by atoms with Gasteiger partial charge >= 0.3 is 0 Å². The van der Waals surface area contributed by atoms with Crippen LogP contribution in [0.5, 0.6) is 0 Å². The van der Waals surface area contributed by atoms with Crippen LogP contribution in [0.25, 0.3) is 10.8 Å². The molecule has 0 aliphatic carbocycles. The van der Waals surface area contributed by atoms with Crippen LogP contribution in [0.3, 0.4) is 0 Å². The van der Waals surface area contributed by atoms with E-state index >= 15 is 0 Å². The van der Waals surface area contributed by atoms with Gasteiger partial charge in [0.1, 0.15) is 0 Å². The first kappa shape index (κ1) is 13.7. The van der Waals surface area contributed by atoms with E-state index in [2.05, 4.69) is 27.4 Å². The predicted octanol–water partition coefficient (Wildman–Crippen LogP) is 2.23. The van der Waals surface area contributed by atoms with E-state index in [9.17, 15) is 0 Å². The molecule has 0 radical (unpaired) electrons. The van der Waals surface area contributed by atoms with Gasteiger partial charge in [-0.15, -0.1) is 11.3 Å². The van der Waals surface area contributed by atoms with Gasteiger partial charge in [-0.2, -0.15) is 4.98 Å². The zero-order chi connectivity index (χ0) is 13.8. The van der Waals surface area contributed by atoms with E-state index < -0.39 is 0 Å². The van der Waals surface area contributed by atoms with Gasteiger partial charge in [0.2, 0.25) is 0 Å². The Hall–Kier alpha value is -1.24. The van der Waals surface area contributed by atoms with Gasteiger partial charge in [0.25, 0.3) is 5.89 Å². The lowest BCUT2D eigenvalue weighted by Gasteiger charge is -2.26. The highest BCUT2D eigenvalue weighted by Crippen LogP contribution is 2.22. The normalized spacial score (nSPS) is 16.9. The Labute approximate surface area is 123 Å². The molecular formula is C14H20N4OS. The first-order valence-corrected chi connectivity index (χ1v) is 7.95. The lowest BCUT2D eigenvalue weighted by molar-refractivity contribution is 0.228. The fraction of sp³-hybridized carbons (Fsp3) is 0.571. The number of hydrogen-bond donors (Lipinski definition) is 1. The van der Waals surface area contributed by atoms with Crippen LogP contribution in [0.2, 0.25) is 0 Å². The highest BCUT2D eigenvalue weighted by Gasteiger charge is 2.17. The standard InChI is InChI=1S/C14H20N4OS/c1-18(9-11-4-6-15-7-5-11)10-13-16-14(19-17-13)12-3-2-8-20-12/h2-3,8,11,15H,4-7,9-10H2,1H3. The van der Waals surface area contributed by atoms with Crippen molar-refractivity contribution >= 4 is 11.3 Å². The van der Waals surface area contributed by atoms with Crippen LogP contribution < -0.4 is 5.32 Å². The van der Waals surface area contributed by atoms with E-state index in [4.69, 9.17) is 4.52 Å². The Kier molecular flexibility index (Phi) is 4.44. The molecule has 2 aromatic heterocycles. The number of thiophene rings is 1. The third-order valence-corrected chi connectivity index (χ3v) is 4.50. The molecular weight excluding hydrogens is 272 g/mol. The minimum Gasteiger partial charge on any atom is -0.333 e. The van der Waals surface area contributed by atoms with Crippen LogP contribution in [-0.2, 0) is 6.54 Å². The van der Waals surface area contributed by atoms with Gasteiger partial charge in [-0.25, -0.2) is 0 Å². The van der Waals surface area contributed by atoms with Crippen molar-refractivity contribution in [2.24, 2.45) is 5.92 Å². The summed E-state index contributed by atoms with van der Waals surface area (Å²) in [5.41, 5.74) is 0. The molecule has 1 saturated heterocycles. The molecule has 2 aromatic rings. The van der Waals surface area contributed by atoms with Crippen LogP contribution in [0.1, 0.15) is 18.7 Å². The zero-order valence-electron chi connectivity index (χ0n) is 11.7. The van der Waals surface area contributed by atoms with Crippen molar-refractivity contribution in [1.29, 1.82) is 0 Å². The molecule has 1 aliphatic rings. The van der Waals surface area contributed by atoms with E-state index in [-0.39, 0.29) is 0 Å². The first-order chi connectivity index (χ1) is 9.81. The van der Waals surface area contributed by atoms with Gasteiger partial charge in [0, 0.05) is 6.54 Å². The molecule has 0 amide bonds. The molecule has 20 heavy (non-hydrogen) atoms. The lowest BCUT2D eigenvalue weighted by atomic mass is 9.98. The number of rotatable bonds is 5. The fourth-order valence-corrected chi connectivity index (χ4v) is 3.27. The number of hydrogen-bond acceptors (Lipinski definition) is 6. The van der Waals surface area contributed by atoms with E-state index in [1.54, 1.807) is 11.3 Å². The Bertz CT molecular complexity index is 519. The van der Waals surface area contributed by atoms with Crippen LogP contribution in [0, 0.1) is 5.92 Å². The van der Waals surface area contributed by atoms with Crippen molar-refractivity contribution < 1.29 is 4.52 Å². The molecule has 6 heteroatoms. The van der Waals surface area contributed by atoms with Gasteiger partial charge in [0.15, 0.2) is 5.82 Å². The zero-order valence-corrected chi connectivity index (χ0v) is 12.5. The Morgan fingerprint density at radius 3 is 3.05 bits per heavy atom. The van der Waals surface area contributed by atoms with Gasteiger partial charge in [-0.1, -0.05) is 11.2 Å². The van der Waals surface area contributed by atoms with E-state index in [1.165, 1.54) is 12.8 Å². The molecule has 0 unspecified atom stereocenters. The minimum absolute atomic E-state index is 0.630. The molecule has 0 bridgehead atoms. The summed E-state index contributed by atoms with van der Waals surface area (Å²) in [6, 6.07) is 3.99. The quantitative estimate of drug-likeness (QED) is 0.916. The van der Waals surface area contributed by atoms with Gasteiger partial charge in [0.05, 0.1) is 11.4 Å². The van der Waals surface area contributed by atoms with Crippen LogP contribution >= 0.6 is 11.3 Å². The summed E-state index contributed by atoms with van der Waals surface area (Å²) in [5, 5.41) is 9.49. The van der Waals surface area contributed by atoms with Gasteiger partial charge in [-0.3, -0.25) is 4.90 Å². The summed E-state index contributed by atoms with van der Waals surface area (Å²) < 4.78 is 5.31. The highest BCUT2D eigenvalue weighted by molar-refractivity contribution is 7.13. The highest BCUT2D eigenvalue weighted by atomic mass is 32.1. The number of aromatic nitrogens is 2. The second-order valence-electron chi connectivity index (χ2n) is 5.38. The molecule has 3 heterocycles. The molecule has 1 N–H and O–H groups in total. The summed E-state index contributed by atoms with van der Waals surface area (Å²) in [6.45, 7) is 4.13. The topological polar surface area (TPSA) is 54.2 Å². The molecule has 108 valence electrons. The maximum Gasteiger partial charge on any atom is 0.268 e. The molecule has 0 saturated carbocycles. The lowest BCUT2D eigenvalue weighted by Crippen LogP contribution is -2.34. The summed E-state index contributed by atoms with van der Waals surface area (Å²) in [6.07, 6.45) is 2.52. The van der Waals surface area contributed by atoms with Crippen molar-refractivity contribution in [2.45, 2.75) is 19.4 Å². The summed E-state index contributed by atoms with van der Waals surface area (Å²) in [7, 11) is 2.13. The smallest absolute Gasteiger partial charge is 0.268 e. The average molecular weight is 292 g/mol. The third-order valence-electron chi connectivity index (χ3n) is 3.64. The van der Waals surface area contributed by atoms with Crippen LogP contribution in [0.4, 0.5) is 0 Å². The van der Waals surface area contributed by atoms with E-state index in [1.807, 2.05) is 17.5 Å². The van der Waals surface area contributed by atoms with Crippen molar-refractivity contribution in [3.63, 3.8) is 0 Å². The maximum atomic E-state index is 5.31. The van der Waals surface area contributed by atoms with Crippen molar-refractivity contribution in [3.05, 3.63) is 23.3 Å².